The molecule has 2 rings (SSSR count). The molecule has 1 aromatic heterocycles. The van der Waals surface area contributed by atoms with Crippen LogP contribution in [0.2, 0.25) is 0 Å². The molecule has 1 aromatic carbocycles. The minimum atomic E-state index is -0.325. The molecule has 2 unspecified atom stereocenters. The van der Waals surface area contributed by atoms with Crippen molar-refractivity contribution < 1.29 is 4.79 Å². The van der Waals surface area contributed by atoms with Gasteiger partial charge < -0.3 is 11.1 Å². The van der Waals surface area contributed by atoms with E-state index in [1.807, 2.05) is 37.3 Å². The fraction of sp³-hybridized carbons (Fsp3) is 0.286. The fourth-order valence-corrected chi connectivity index (χ4v) is 1.86. The number of benzene rings is 1. The van der Waals surface area contributed by atoms with Crippen molar-refractivity contribution in [1.82, 2.24) is 9.78 Å². The Morgan fingerprint density at radius 3 is 2.58 bits per heavy atom. The summed E-state index contributed by atoms with van der Waals surface area (Å²) in [5.74, 6) is 0.231. The maximum absolute atomic E-state index is 12.1. The van der Waals surface area contributed by atoms with Crippen molar-refractivity contribution in [3.63, 3.8) is 0 Å². The van der Waals surface area contributed by atoms with Gasteiger partial charge in [0.05, 0.1) is 12.1 Å². The SMILES string of the molecule is CC(C(=O)Nc1ccnn1C)C(N)c1ccccc1. The van der Waals surface area contributed by atoms with Crippen LogP contribution in [0, 0.1) is 5.92 Å². The van der Waals surface area contributed by atoms with Gasteiger partial charge in [0.25, 0.3) is 0 Å². The lowest BCUT2D eigenvalue weighted by atomic mass is 9.95. The number of amides is 1. The summed E-state index contributed by atoms with van der Waals surface area (Å²) >= 11 is 0. The predicted molar refractivity (Wildman–Crippen MR) is 74.4 cm³/mol. The van der Waals surface area contributed by atoms with Crippen LogP contribution in [0.15, 0.2) is 42.6 Å². The Bertz CT molecular complexity index is 550. The summed E-state index contributed by atoms with van der Waals surface area (Å²) < 4.78 is 1.61. The summed E-state index contributed by atoms with van der Waals surface area (Å²) in [6.45, 7) is 1.82. The molecule has 0 saturated carbocycles. The second-order valence-corrected chi connectivity index (χ2v) is 4.55. The number of aryl methyl sites for hydroxylation is 1. The first kappa shape index (κ1) is 13.3. The van der Waals surface area contributed by atoms with E-state index in [2.05, 4.69) is 10.4 Å². The van der Waals surface area contributed by atoms with Crippen LogP contribution in [-0.4, -0.2) is 15.7 Å². The molecule has 3 N–H and O–H groups in total. The second-order valence-electron chi connectivity index (χ2n) is 4.55. The van der Waals surface area contributed by atoms with Crippen LogP contribution in [0.3, 0.4) is 0 Å². The van der Waals surface area contributed by atoms with E-state index < -0.39 is 0 Å². The van der Waals surface area contributed by atoms with Crippen LogP contribution >= 0.6 is 0 Å². The van der Waals surface area contributed by atoms with Crippen LogP contribution in [0.25, 0.3) is 0 Å². The Hall–Kier alpha value is -2.14. The molecule has 19 heavy (non-hydrogen) atoms. The number of hydrogen-bond acceptors (Lipinski definition) is 3. The lowest BCUT2D eigenvalue weighted by Crippen LogP contribution is -2.31. The third kappa shape index (κ3) is 3.00. The van der Waals surface area contributed by atoms with Crippen LogP contribution in [-0.2, 0) is 11.8 Å². The summed E-state index contributed by atoms with van der Waals surface area (Å²) in [6.07, 6.45) is 1.64. The van der Waals surface area contributed by atoms with E-state index in [0.29, 0.717) is 5.82 Å². The van der Waals surface area contributed by atoms with E-state index in [1.165, 1.54) is 0 Å². The molecule has 0 saturated heterocycles. The number of rotatable bonds is 4. The molecule has 1 amide bonds. The van der Waals surface area contributed by atoms with Gasteiger partial charge in [0.2, 0.25) is 5.91 Å². The first-order chi connectivity index (χ1) is 9.09. The van der Waals surface area contributed by atoms with Crippen molar-refractivity contribution in [2.24, 2.45) is 18.7 Å². The molecule has 100 valence electrons. The van der Waals surface area contributed by atoms with Gasteiger partial charge in [-0.15, -0.1) is 0 Å². The number of nitrogens with zero attached hydrogens (tertiary/aromatic N) is 2. The van der Waals surface area contributed by atoms with E-state index in [-0.39, 0.29) is 17.9 Å². The molecule has 0 aliphatic carbocycles. The molecule has 2 atom stereocenters. The summed E-state index contributed by atoms with van der Waals surface area (Å²) in [5.41, 5.74) is 7.08. The zero-order valence-electron chi connectivity index (χ0n) is 11.1. The minimum absolute atomic E-state index is 0.111. The molecule has 2 aromatic rings. The van der Waals surface area contributed by atoms with Crippen molar-refractivity contribution in [3.8, 4) is 0 Å². The normalized spacial score (nSPS) is 13.8. The molecule has 0 bridgehead atoms. The fourth-order valence-electron chi connectivity index (χ4n) is 1.86. The number of hydrogen-bond donors (Lipinski definition) is 2. The molecular weight excluding hydrogens is 240 g/mol. The quantitative estimate of drug-likeness (QED) is 0.876. The highest BCUT2D eigenvalue weighted by Gasteiger charge is 2.22. The third-order valence-corrected chi connectivity index (χ3v) is 3.21. The van der Waals surface area contributed by atoms with Crippen molar-refractivity contribution >= 4 is 11.7 Å². The third-order valence-electron chi connectivity index (χ3n) is 3.21. The van der Waals surface area contributed by atoms with Crippen LogP contribution in [0.4, 0.5) is 5.82 Å². The van der Waals surface area contributed by atoms with Crippen LogP contribution in [0.5, 0.6) is 0 Å². The zero-order valence-corrected chi connectivity index (χ0v) is 11.1. The summed E-state index contributed by atoms with van der Waals surface area (Å²) in [5, 5.41) is 6.82. The maximum atomic E-state index is 12.1. The Labute approximate surface area is 112 Å². The van der Waals surface area contributed by atoms with Crippen LogP contribution < -0.4 is 11.1 Å². The van der Waals surface area contributed by atoms with Gasteiger partial charge >= 0.3 is 0 Å². The van der Waals surface area contributed by atoms with Crippen molar-refractivity contribution in [2.75, 3.05) is 5.32 Å². The summed E-state index contributed by atoms with van der Waals surface area (Å²) in [6, 6.07) is 11.0. The predicted octanol–water partition coefficient (Wildman–Crippen LogP) is 1.69. The van der Waals surface area contributed by atoms with Gasteiger partial charge in [0, 0.05) is 19.2 Å². The van der Waals surface area contributed by atoms with E-state index >= 15 is 0 Å². The van der Waals surface area contributed by atoms with Gasteiger partial charge in [-0.05, 0) is 5.56 Å². The van der Waals surface area contributed by atoms with Crippen molar-refractivity contribution in [1.29, 1.82) is 0 Å². The zero-order chi connectivity index (χ0) is 13.8. The topological polar surface area (TPSA) is 72.9 Å². The van der Waals surface area contributed by atoms with E-state index in [4.69, 9.17) is 5.73 Å². The molecule has 0 fully saturated rings. The van der Waals surface area contributed by atoms with Gasteiger partial charge in [-0.25, -0.2) is 0 Å². The van der Waals surface area contributed by atoms with Crippen LogP contribution in [0.1, 0.15) is 18.5 Å². The van der Waals surface area contributed by atoms with Gasteiger partial charge in [-0.1, -0.05) is 37.3 Å². The van der Waals surface area contributed by atoms with Gasteiger partial charge in [0.15, 0.2) is 0 Å². The number of anilines is 1. The molecule has 0 aliphatic rings. The van der Waals surface area contributed by atoms with E-state index in [0.717, 1.165) is 5.56 Å². The van der Waals surface area contributed by atoms with Gasteiger partial charge in [-0.2, -0.15) is 5.10 Å². The number of carbonyl (C=O) groups is 1. The Morgan fingerprint density at radius 2 is 2.00 bits per heavy atom. The van der Waals surface area contributed by atoms with E-state index in [9.17, 15) is 4.79 Å². The number of nitrogens with one attached hydrogen (secondary N) is 1. The molecule has 0 aliphatic heterocycles. The average Bonchev–Trinajstić information content (AvgIpc) is 2.83. The first-order valence-electron chi connectivity index (χ1n) is 6.19. The Kier molecular flexibility index (Phi) is 3.97. The lowest BCUT2D eigenvalue weighted by Gasteiger charge is -2.19. The smallest absolute Gasteiger partial charge is 0.230 e. The first-order valence-corrected chi connectivity index (χ1v) is 6.19. The lowest BCUT2D eigenvalue weighted by molar-refractivity contribution is -0.120. The number of aromatic nitrogens is 2. The summed E-state index contributed by atoms with van der Waals surface area (Å²) in [7, 11) is 1.78. The molecule has 5 nitrogen and oxygen atoms in total. The molecular formula is C14H18N4O. The molecule has 1 heterocycles. The maximum Gasteiger partial charge on any atom is 0.230 e. The highest BCUT2D eigenvalue weighted by Crippen LogP contribution is 2.20. The Balaban J connectivity index is 2.05. The van der Waals surface area contributed by atoms with Gasteiger partial charge in [0.1, 0.15) is 5.82 Å². The van der Waals surface area contributed by atoms with E-state index in [1.54, 1.807) is 24.0 Å². The minimum Gasteiger partial charge on any atom is -0.323 e. The molecule has 0 spiro atoms. The summed E-state index contributed by atoms with van der Waals surface area (Å²) in [4.78, 5) is 12.1. The largest absolute Gasteiger partial charge is 0.323 e. The highest BCUT2D eigenvalue weighted by atomic mass is 16.2. The van der Waals surface area contributed by atoms with Crippen molar-refractivity contribution in [2.45, 2.75) is 13.0 Å². The highest BCUT2D eigenvalue weighted by molar-refractivity contribution is 5.92. The standard InChI is InChI=1S/C14H18N4O/c1-10(13(15)11-6-4-3-5-7-11)14(19)17-12-8-9-16-18(12)2/h3-10,13H,15H2,1-2H3,(H,17,19). The Morgan fingerprint density at radius 1 is 1.32 bits per heavy atom. The van der Waals surface area contributed by atoms with Gasteiger partial charge in [-0.3, -0.25) is 9.48 Å². The number of nitrogens with two attached hydrogens (primary N) is 1. The number of carbonyl (C=O) groups excluding carboxylic acids is 1. The molecule has 0 radical (unpaired) electrons. The van der Waals surface area contributed by atoms with Crippen molar-refractivity contribution in [3.05, 3.63) is 48.2 Å². The second kappa shape index (κ2) is 5.67. The molecule has 5 heteroatoms. The monoisotopic (exact) mass is 258 g/mol. The average molecular weight is 258 g/mol.